The first-order valence-corrected chi connectivity index (χ1v) is 24.4. The van der Waals surface area contributed by atoms with E-state index >= 15 is 0 Å². The fourth-order valence-electron chi connectivity index (χ4n) is 10.0. The quantitative estimate of drug-likeness (QED) is 0.147. The largest absolute Gasteiger partial charge is 0.308 e. The summed E-state index contributed by atoms with van der Waals surface area (Å²) in [5.41, 5.74) is 15.7. The molecule has 0 atom stereocenters. The second-order valence-corrected chi connectivity index (χ2v) is 19.3. The van der Waals surface area contributed by atoms with E-state index in [4.69, 9.17) is 0 Å². The molecule has 0 unspecified atom stereocenters. The van der Waals surface area contributed by atoms with E-state index in [1.807, 2.05) is 22.7 Å². The molecule has 3 heteroatoms. The molecule has 1 nitrogen and oxygen atoms in total. The van der Waals surface area contributed by atoms with Gasteiger partial charge >= 0.3 is 0 Å². The number of nitrogens with zero attached hydrogens (tertiary/aromatic N) is 1. The normalized spacial score (nSPS) is 11.6. The maximum absolute atomic E-state index is 2.53. The van der Waals surface area contributed by atoms with Crippen LogP contribution in [0.5, 0.6) is 0 Å². The van der Waals surface area contributed by atoms with Crippen molar-refractivity contribution in [2.75, 3.05) is 4.90 Å². The van der Waals surface area contributed by atoms with Gasteiger partial charge in [-0.2, -0.15) is 0 Å². The number of anilines is 3. The average Bonchev–Trinajstić information content (AvgIpc) is 3.98. The molecule has 11 aromatic carbocycles. The van der Waals surface area contributed by atoms with Crippen molar-refractivity contribution in [2.45, 2.75) is 0 Å². The zero-order valence-electron chi connectivity index (χ0n) is 36.4. The number of hydrogen-bond donors (Lipinski definition) is 0. The molecule has 2 aromatic heterocycles. The van der Waals surface area contributed by atoms with Crippen LogP contribution >= 0.6 is 22.7 Å². The first-order chi connectivity index (χ1) is 33.2. The van der Waals surface area contributed by atoms with E-state index < -0.39 is 0 Å². The van der Waals surface area contributed by atoms with Crippen LogP contribution in [0.1, 0.15) is 0 Å². The van der Waals surface area contributed by atoms with E-state index in [1.54, 1.807) is 0 Å². The van der Waals surface area contributed by atoms with E-state index in [0.717, 1.165) is 11.4 Å². The van der Waals surface area contributed by atoms with Crippen LogP contribution in [0.4, 0.5) is 17.1 Å². The average molecular weight is 888 g/mol. The van der Waals surface area contributed by atoms with Gasteiger partial charge in [0, 0.05) is 41.3 Å². The van der Waals surface area contributed by atoms with Crippen molar-refractivity contribution in [2.24, 2.45) is 0 Å². The molecule has 0 amide bonds. The molecule has 0 aliphatic carbocycles. The van der Waals surface area contributed by atoms with Gasteiger partial charge in [-0.25, -0.2) is 0 Å². The van der Waals surface area contributed by atoms with Crippen LogP contribution in [-0.2, 0) is 0 Å². The minimum atomic E-state index is 1.11. The Bertz CT molecular complexity index is 3940. The molecule has 314 valence electrons. The molecule has 0 saturated carbocycles. The number of benzene rings is 11. The Morgan fingerprint density at radius 2 is 0.761 bits per heavy atom. The van der Waals surface area contributed by atoms with Crippen LogP contribution in [0.2, 0.25) is 0 Å². The SMILES string of the molecule is c1ccc(-c2ccc3c(c2)sc2c(N(c4ccc(-c5ccc(-c6cccc7ccccc67)cc5)cc4)c4ccc(-c5ccccc5)c5sc6cc(-c7ccccc7)ccc6c45)cccc23)cc1. The van der Waals surface area contributed by atoms with Crippen LogP contribution in [-0.4, -0.2) is 0 Å². The highest BCUT2D eigenvalue weighted by Gasteiger charge is 2.24. The Kier molecular flexibility index (Phi) is 9.63. The predicted molar refractivity (Wildman–Crippen MR) is 292 cm³/mol. The van der Waals surface area contributed by atoms with E-state index in [0.29, 0.717) is 0 Å². The molecule has 13 rings (SSSR count). The summed E-state index contributed by atoms with van der Waals surface area (Å²) in [7, 11) is 0. The van der Waals surface area contributed by atoms with Crippen LogP contribution < -0.4 is 4.90 Å². The second-order valence-electron chi connectivity index (χ2n) is 17.2. The van der Waals surface area contributed by atoms with Gasteiger partial charge in [0.2, 0.25) is 0 Å². The Balaban J connectivity index is 1.00. The number of hydrogen-bond acceptors (Lipinski definition) is 3. The van der Waals surface area contributed by atoms with E-state index in [-0.39, 0.29) is 0 Å². The Labute approximate surface area is 397 Å². The van der Waals surface area contributed by atoms with Crippen molar-refractivity contribution in [3.8, 4) is 55.6 Å². The molecule has 67 heavy (non-hydrogen) atoms. The van der Waals surface area contributed by atoms with Crippen molar-refractivity contribution in [3.05, 3.63) is 249 Å². The van der Waals surface area contributed by atoms with Gasteiger partial charge in [-0.3, -0.25) is 0 Å². The molecule has 13 aromatic rings. The number of fused-ring (bicyclic) bond motifs is 7. The zero-order chi connectivity index (χ0) is 44.3. The third kappa shape index (κ3) is 6.91. The van der Waals surface area contributed by atoms with Gasteiger partial charge in [-0.05, 0) is 103 Å². The first-order valence-electron chi connectivity index (χ1n) is 22.8. The Hall–Kier alpha value is -8.08. The van der Waals surface area contributed by atoms with Gasteiger partial charge in [0.1, 0.15) is 0 Å². The molecular weight excluding hydrogens is 847 g/mol. The topological polar surface area (TPSA) is 3.24 Å². The summed E-state index contributed by atoms with van der Waals surface area (Å²) in [5, 5.41) is 7.60. The van der Waals surface area contributed by atoms with Crippen molar-refractivity contribution in [1.29, 1.82) is 0 Å². The third-order valence-electron chi connectivity index (χ3n) is 13.3. The van der Waals surface area contributed by atoms with Crippen molar-refractivity contribution >= 4 is 90.9 Å². The molecule has 0 fully saturated rings. The van der Waals surface area contributed by atoms with Crippen LogP contribution in [0, 0.1) is 0 Å². The second kappa shape index (κ2) is 16.4. The van der Waals surface area contributed by atoms with Gasteiger partial charge in [0.25, 0.3) is 0 Å². The molecule has 0 bridgehead atoms. The van der Waals surface area contributed by atoms with Crippen LogP contribution in [0.15, 0.2) is 249 Å². The highest BCUT2D eigenvalue weighted by molar-refractivity contribution is 7.27. The smallest absolute Gasteiger partial charge is 0.0640 e. The van der Waals surface area contributed by atoms with Crippen molar-refractivity contribution < 1.29 is 0 Å². The van der Waals surface area contributed by atoms with Crippen LogP contribution in [0.3, 0.4) is 0 Å². The van der Waals surface area contributed by atoms with E-state index in [9.17, 15) is 0 Å². The summed E-state index contributed by atoms with van der Waals surface area (Å²) in [5.74, 6) is 0. The van der Waals surface area contributed by atoms with Gasteiger partial charge in [-0.1, -0.05) is 212 Å². The lowest BCUT2D eigenvalue weighted by molar-refractivity contribution is 1.32. The number of thiophene rings is 2. The van der Waals surface area contributed by atoms with Gasteiger partial charge < -0.3 is 4.90 Å². The standard InChI is InChI=1S/C64H41NS2/c1-4-14-42(15-5-1)49-32-36-55-56-24-13-25-59(63(56)66-60(55)40-49)65(51-34-30-45(31-35-51)44-26-28-48(29-27-44)53-23-12-21-46-20-10-11-22-52(46)53)58-39-38-54(47-18-8-3-9-19-47)64-62(58)57-37-33-50(41-61(57)67-64)43-16-6-2-7-17-43/h1-41H. The fraction of sp³-hybridized carbons (Fsp3) is 0. The van der Waals surface area contributed by atoms with E-state index in [1.165, 1.54) is 112 Å². The summed E-state index contributed by atoms with van der Waals surface area (Å²) in [4.78, 5) is 2.53. The molecule has 0 aliphatic heterocycles. The lowest BCUT2D eigenvalue weighted by Gasteiger charge is -2.28. The van der Waals surface area contributed by atoms with Crippen molar-refractivity contribution in [1.82, 2.24) is 0 Å². The first kappa shape index (κ1) is 39.3. The molecule has 0 spiro atoms. The number of rotatable bonds is 8. The molecule has 0 aliphatic rings. The van der Waals surface area contributed by atoms with Gasteiger partial charge in [-0.15, -0.1) is 22.7 Å². The molecule has 0 radical (unpaired) electrons. The minimum absolute atomic E-state index is 1.11. The fourth-order valence-corrected chi connectivity index (χ4v) is 12.5. The molecule has 0 saturated heterocycles. The highest BCUT2D eigenvalue weighted by Crippen LogP contribution is 2.52. The van der Waals surface area contributed by atoms with Gasteiger partial charge in [0.05, 0.1) is 16.1 Å². The van der Waals surface area contributed by atoms with Gasteiger partial charge in [0.15, 0.2) is 0 Å². The monoisotopic (exact) mass is 887 g/mol. The predicted octanol–water partition coefficient (Wildman–Crippen LogP) is 19.4. The summed E-state index contributed by atoms with van der Waals surface area (Å²) in [6.45, 7) is 0. The minimum Gasteiger partial charge on any atom is -0.308 e. The van der Waals surface area contributed by atoms with Crippen LogP contribution in [0.25, 0.3) is 107 Å². The third-order valence-corrected chi connectivity index (χ3v) is 15.7. The lowest BCUT2D eigenvalue weighted by Crippen LogP contribution is -2.10. The maximum Gasteiger partial charge on any atom is 0.0640 e. The summed E-state index contributed by atoms with van der Waals surface area (Å²) < 4.78 is 5.11. The summed E-state index contributed by atoms with van der Waals surface area (Å²) >= 11 is 3.78. The zero-order valence-corrected chi connectivity index (χ0v) is 38.1. The van der Waals surface area contributed by atoms with Crippen molar-refractivity contribution in [3.63, 3.8) is 0 Å². The lowest BCUT2D eigenvalue weighted by atomic mass is 9.96. The summed E-state index contributed by atoms with van der Waals surface area (Å²) in [6.07, 6.45) is 0. The highest BCUT2D eigenvalue weighted by atomic mass is 32.1. The molecular formula is C64H41NS2. The Morgan fingerprint density at radius 1 is 0.269 bits per heavy atom. The maximum atomic E-state index is 2.53. The Morgan fingerprint density at radius 3 is 1.46 bits per heavy atom. The van der Waals surface area contributed by atoms with E-state index in [2.05, 4.69) is 254 Å². The molecule has 0 N–H and O–H groups in total. The summed E-state index contributed by atoms with van der Waals surface area (Å²) in [6, 6.07) is 91.3. The molecule has 2 heterocycles.